The lowest BCUT2D eigenvalue weighted by atomic mass is 9.98. The van der Waals surface area contributed by atoms with Gasteiger partial charge < -0.3 is 14.0 Å². The Bertz CT molecular complexity index is 943. The highest BCUT2D eigenvalue weighted by atomic mass is 31.2. The van der Waals surface area contributed by atoms with Crippen LogP contribution in [0.25, 0.3) is 0 Å². The van der Waals surface area contributed by atoms with Crippen molar-refractivity contribution in [1.82, 2.24) is 0 Å². The first-order chi connectivity index (χ1) is 11.1. The summed E-state index contributed by atoms with van der Waals surface area (Å²) >= 11 is 0. The Morgan fingerprint density at radius 3 is 2.70 bits per heavy atom. The molecule has 5 rings (SSSR count). The number of hydrogen-bond donors (Lipinski definition) is 0. The van der Waals surface area contributed by atoms with Gasteiger partial charge in [0.25, 0.3) is 0 Å². The quantitative estimate of drug-likeness (QED) is 0.693. The molecule has 0 amide bonds. The van der Waals surface area contributed by atoms with Crippen LogP contribution in [0.15, 0.2) is 66.8 Å². The average molecular weight is 322 g/mol. The smallest absolute Gasteiger partial charge is 0.167 e. The SMILES string of the molecule is CC12C=CC=CC1Oc1cccc3c1P2(=O)c1ccccc1O3. The van der Waals surface area contributed by atoms with Crippen LogP contribution in [0.4, 0.5) is 0 Å². The van der Waals surface area contributed by atoms with Crippen LogP contribution in [0.2, 0.25) is 0 Å². The Morgan fingerprint density at radius 2 is 1.78 bits per heavy atom. The first kappa shape index (κ1) is 13.2. The summed E-state index contributed by atoms with van der Waals surface area (Å²) in [6.45, 7) is 2.03. The van der Waals surface area contributed by atoms with E-state index in [-0.39, 0.29) is 6.10 Å². The normalized spacial score (nSPS) is 32.1. The molecular weight excluding hydrogens is 307 g/mol. The van der Waals surface area contributed by atoms with Gasteiger partial charge in [0.15, 0.2) is 7.14 Å². The maximum Gasteiger partial charge on any atom is 0.167 e. The van der Waals surface area contributed by atoms with E-state index in [1.807, 2.05) is 73.7 Å². The molecular formula is C19H15O3P. The molecule has 0 fully saturated rings. The van der Waals surface area contributed by atoms with E-state index in [0.717, 1.165) is 10.6 Å². The van der Waals surface area contributed by atoms with Crippen LogP contribution < -0.4 is 20.1 Å². The number of allylic oxidation sites excluding steroid dienone is 2. The molecule has 0 saturated heterocycles. The van der Waals surface area contributed by atoms with E-state index in [1.165, 1.54) is 0 Å². The van der Waals surface area contributed by atoms with Gasteiger partial charge in [-0.2, -0.15) is 0 Å². The standard InChI is InChI=1S/C19H15O3P/c1-19-12-5-4-11-17(19)22-15-9-6-8-14-18(15)23(19,20)16-10-3-2-7-13(16)21-14/h2-12,17H,1H3. The number of para-hydroxylation sites is 1. The first-order valence-electron chi connectivity index (χ1n) is 7.68. The highest BCUT2D eigenvalue weighted by Crippen LogP contribution is 2.67. The zero-order chi connectivity index (χ0) is 15.7. The second-order valence-corrected chi connectivity index (χ2v) is 9.40. The number of benzene rings is 2. The average Bonchev–Trinajstić information content (AvgIpc) is 2.56. The Morgan fingerprint density at radius 1 is 1.00 bits per heavy atom. The lowest BCUT2D eigenvalue weighted by Crippen LogP contribution is -2.52. The topological polar surface area (TPSA) is 35.5 Å². The fraction of sp³-hybridized carbons (Fsp3) is 0.158. The molecule has 0 N–H and O–H groups in total. The zero-order valence-electron chi connectivity index (χ0n) is 12.6. The molecule has 4 heteroatoms. The number of rotatable bonds is 0. The van der Waals surface area contributed by atoms with Crippen LogP contribution in [-0.4, -0.2) is 11.3 Å². The van der Waals surface area contributed by atoms with Gasteiger partial charge in [0.05, 0.1) is 10.5 Å². The van der Waals surface area contributed by atoms with Crippen molar-refractivity contribution in [1.29, 1.82) is 0 Å². The highest BCUT2D eigenvalue weighted by molar-refractivity contribution is 7.81. The summed E-state index contributed by atoms with van der Waals surface area (Å²) in [5.41, 5.74) is 0. The largest absolute Gasteiger partial charge is 0.484 e. The molecule has 2 heterocycles. The van der Waals surface area contributed by atoms with Gasteiger partial charge in [-0.3, -0.25) is 0 Å². The number of fused-ring (bicyclic) bond motifs is 4. The van der Waals surface area contributed by atoms with Crippen molar-refractivity contribution >= 4 is 17.8 Å². The van der Waals surface area contributed by atoms with E-state index >= 15 is 0 Å². The van der Waals surface area contributed by atoms with Gasteiger partial charge in [0, 0.05) is 0 Å². The maximum absolute atomic E-state index is 14.6. The Kier molecular flexibility index (Phi) is 2.40. The molecule has 0 bridgehead atoms. The summed E-state index contributed by atoms with van der Waals surface area (Å²) in [6, 6.07) is 13.3. The molecule has 23 heavy (non-hydrogen) atoms. The van der Waals surface area contributed by atoms with E-state index in [1.54, 1.807) is 0 Å². The van der Waals surface area contributed by atoms with E-state index in [0.29, 0.717) is 17.2 Å². The summed E-state index contributed by atoms with van der Waals surface area (Å²) in [5.74, 6) is 2.00. The van der Waals surface area contributed by atoms with Crippen LogP contribution in [0.3, 0.4) is 0 Å². The second kappa shape index (κ2) is 4.18. The van der Waals surface area contributed by atoms with Crippen LogP contribution in [-0.2, 0) is 4.57 Å². The molecule has 2 aromatic rings. The molecule has 0 saturated carbocycles. The molecule has 114 valence electrons. The van der Waals surface area contributed by atoms with Crippen molar-refractivity contribution in [2.45, 2.75) is 18.2 Å². The predicted octanol–water partition coefficient (Wildman–Crippen LogP) is 3.75. The minimum Gasteiger partial charge on any atom is -0.484 e. The zero-order valence-corrected chi connectivity index (χ0v) is 13.5. The van der Waals surface area contributed by atoms with Gasteiger partial charge in [-0.05, 0) is 37.3 Å². The summed E-state index contributed by atoms with van der Waals surface area (Å²) < 4.78 is 26.8. The summed E-state index contributed by atoms with van der Waals surface area (Å²) in [4.78, 5) is 0. The molecule has 0 radical (unpaired) electrons. The Labute approximate surface area is 134 Å². The Hall–Kier alpha value is -2.25. The van der Waals surface area contributed by atoms with Gasteiger partial charge in [0.2, 0.25) is 0 Å². The monoisotopic (exact) mass is 322 g/mol. The second-order valence-electron chi connectivity index (χ2n) is 6.29. The molecule has 3 aliphatic rings. The van der Waals surface area contributed by atoms with Crippen molar-refractivity contribution < 1.29 is 14.0 Å². The lowest BCUT2D eigenvalue weighted by Gasteiger charge is -2.48. The van der Waals surface area contributed by atoms with Gasteiger partial charge in [-0.15, -0.1) is 0 Å². The van der Waals surface area contributed by atoms with Crippen molar-refractivity contribution in [3.05, 3.63) is 66.8 Å². The fourth-order valence-electron chi connectivity index (χ4n) is 3.82. The minimum absolute atomic E-state index is 0.243. The predicted molar refractivity (Wildman–Crippen MR) is 90.9 cm³/mol. The van der Waals surface area contributed by atoms with Crippen molar-refractivity contribution in [2.75, 3.05) is 0 Å². The van der Waals surface area contributed by atoms with E-state index in [2.05, 4.69) is 0 Å². The van der Waals surface area contributed by atoms with E-state index in [4.69, 9.17) is 9.47 Å². The fourth-order valence-corrected chi connectivity index (χ4v) is 7.45. The molecule has 3 nitrogen and oxygen atoms in total. The number of ether oxygens (including phenoxy) is 2. The molecule has 2 aliphatic heterocycles. The third-order valence-electron chi connectivity index (χ3n) is 5.04. The van der Waals surface area contributed by atoms with Gasteiger partial charge in [-0.25, -0.2) is 0 Å². The highest BCUT2D eigenvalue weighted by Gasteiger charge is 2.59. The van der Waals surface area contributed by atoms with Gasteiger partial charge in [0.1, 0.15) is 28.7 Å². The molecule has 3 unspecified atom stereocenters. The van der Waals surface area contributed by atoms with Crippen LogP contribution >= 0.6 is 7.14 Å². The maximum atomic E-state index is 14.6. The summed E-state index contributed by atoms with van der Waals surface area (Å²) in [6.07, 6.45) is 7.70. The van der Waals surface area contributed by atoms with Crippen molar-refractivity contribution in [2.24, 2.45) is 0 Å². The van der Waals surface area contributed by atoms with E-state index < -0.39 is 12.3 Å². The summed E-state index contributed by atoms with van der Waals surface area (Å²) in [7, 11) is -2.96. The van der Waals surface area contributed by atoms with Crippen LogP contribution in [0, 0.1) is 0 Å². The van der Waals surface area contributed by atoms with Gasteiger partial charge in [-0.1, -0.05) is 36.4 Å². The summed E-state index contributed by atoms with van der Waals surface area (Å²) in [5, 5.41) is 0.901. The molecule has 1 aliphatic carbocycles. The molecule has 0 aromatic heterocycles. The first-order valence-corrected chi connectivity index (χ1v) is 9.39. The number of hydrogen-bond acceptors (Lipinski definition) is 3. The van der Waals surface area contributed by atoms with Crippen LogP contribution in [0.5, 0.6) is 17.2 Å². The minimum atomic E-state index is -2.96. The molecule has 0 spiro atoms. The molecule has 2 aromatic carbocycles. The third kappa shape index (κ3) is 1.44. The lowest BCUT2D eigenvalue weighted by molar-refractivity contribution is 0.214. The van der Waals surface area contributed by atoms with Gasteiger partial charge >= 0.3 is 0 Å². The Balaban J connectivity index is 1.94. The van der Waals surface area contributed by atoms with Crippen molar-refractivity contribution in [3.8, 4) is 17.2 Å². The third-order valence-corrected chi connectivity index (χ3v) is 8.92. The van der Waals surface area contributed by atoms with E-state index in [9.17, 15) is 4.57 Å². The molecule has 3 atom stereocenters. The van der Waals surface area contributed by atoms with Crippen LogP contribution in [0.1, 0.15) is 6.92 Å². The van der Waals surface area contributed by atoms with Crippen molar-refractivity contribution in [3.63, 3.8) is 0 Å².